The first kappa shape index (κ1) is 9.66. The number of nitrogens with one attached hydrogen (secondary N) is 1. The van der Waals surface area contributed by atoms with Gasteiger partial charge in [-0.1, -0.05) is 6.07 Å². The highest BCUT2D eigenvalue weighted by atomic mass is 19.1. The second kappa shape index (κ2) is 3.70. The van der Waals surface area contributed by atoms with Crippen LogP contribution in [-0.4, -0.2) is 7.05 Å². The van der Waals surface area contributed by atoms with Crippen LogP contribution in [-0.2, 0) is 0 Å². The van der Waals surface area contributed by atoms with Gasteiger partial charge in [0.15, 0.2) is 0 Å². The topological polar surface area (TPSA) is 12.0 Å². The Balaban J connectivity index is 2.28. The van der Waals surface area contributed by atoms with Crippen LogP contribution in [0.3, 0.4) is 0 Å². The van der Waals surface area contributed by atoms with E-state index in [-0.39, 0.29) is 5.82 Å². The maximum absolute atomic E-state index is 13.2. The van der Waals surface area contributed by atoms with Gasteiger partial charge in [-0.15, -0.1) is 0 Å². The summed E-state index contributed by atoms with van der Waals surface area (Å²) < 4.78 is 13.2. The van der Waals surface area contributed by atoms with Gasteiger partial charge in [-0.05, 0) is 56.0 Å². The minimum absolute atomic E-state index is 0.124. The molecular weight excluding hydrogens is 177 g/mol. The van der Waals surface area contributed by atoms with Gasteiger partial charge in [-0.3, -0.25) is 0 Å². The summed E-state index contributed by atoms with van der Waals surface area (Å²) in [5, 5.41) is 3.27. The van der Waals surface area contributed by atoms with Crippen LogP contribution in [0.2, 0.25) is 0 Å². The third kappa shape index (κ3) is 1.95. The van der Waals surface area contributed by atoms with Gasteiger partial charge in [0, 0.05) is 6.04 Å². The third-order valence-electron chi connectivity index (χ3n) is 2.83. The van der Waals surface area contributed by atoms with E-state index in [1.807, 2.05) is 14.0 Å². The molecule has 1 aromatic carbocycles. The van der Waals surface area contributed by atoms with E-state index in [0.717, 1.165) is 11.1 Å². The predicted octanol–water partition coefficient (Wildman–Crippen LogP) is 2.80. The Morgan fingerprint density at radius 2 is 2.07 bits per heavy atom. The van der Waals surface area contributed by atoms with Gasteiger partial charge in [0.1, 0.15) is 5.82 Å². The van der Waals surface area contributed by atoms with Crippen molar-refractivity contribution >= 4 is 0 Å². The van der Waals surface area contributed by atoms with Crippen molar-refractivity contribution in [1.29, 1.82) is 0 Å². The molecule has 0 heterocycles. The van der Waals surface area contributed by atoms with Crippen LogP contribution in [0.4, 0.5) is 4.39 Å². The lowest BCUT2D eigenvalue weighted by atomic mass is 10.0. The molecule has 1 aromatic rings. The van der Waals surface area contributed by atoms with Crippen LogP contribution in [0.25, 0.3) is 0 Å². The highest BCUT2D eigenvalue weighted by molar-refractivity contribution is 5.27. The molecule has 1 nitrogen and oxygen atoms in total. The molecule has 0 radical (unpaired) electrons. The fourth-order valence-electron chi connectivity index (χ4n) is 2.05. The van der Waals surface area contributed by atoms with Gasteiger partial charge in [0.05, 0.1) is 0 Å². The first-order chi connectivity index (χ1) is 6.70. The molecular formula is C12H16FN. The van der Waals surface area contributed by atoms with Crippen LogP contribution in [0.1, 0.15) is 30.0 Å². The Kier molecular flexibility index (Phi) is 2.55. The Hall–Kier alpha value is -0.890. The third-order valence-corrected chi connectivity index (χ3v) is 2.83. The molecule has 0 saturated heterocycles. The Bertz CT molecular complexity index is 311. The van der Waals surface area contributed by atoms with Crippen LogP contribution in [0, 0.1) is 18.7 Å². The van der Waals surface area contributed by atoms with E-state index < -0.39 is 0 Å². The smallest absolute Gasteiger partial charge is 0.123 e. The van der Waals surface area contributed by atoms with E-state index in [9.17, 15) is 4.39 Å². The molecule has 2 heteroatoms. The highest BCUT2D eigenvalue weighted by Gasteiger charge is 2.31. The minimum Gasteiger partial charge on any atom is -0.313 e. The minimum atomic E-state index is -0.124. The molecule has 1 saturated carbocycles. The van der Waals surface area contributed by atoms with Crippen LogP contribution >= 0.6 is 0 Å². The summed E-state index contributed by atoms with van der Waals surface area (Å²) in [4.78, 5) is 0. The van der Waals surface area contributed by atoms with Gasteiger partial charge in [-0.2, -0.15) is 0 Å². The molecule has 14 heavy (non-hydrogen) atoms. The van der Waals surface area contributed by atoms with Gasteiger partial charge in [0.2, 0.25) is 0 Å². The summed E-state index contributed by atoms with van der Waals surface area (Å²) in [5.41, 5.74) is 2.09. The molecule has 1 unspecified atom stereocenters. The number of benzene rings is 1. The average molecular weight is 193 g/mol. The van der Waals surface area contributed by atoms with Crippen molar-refractivity contribution in [2.24, 2.45) is 5.92 Å². The maximum atomic E-state index is 13.2. The molecule has 1 fully saturated rings. The van der Waals surface area contributed by atoms with Crippen molar-refractivity contribution < 1.29 is 4.39 Å². The molecule has 2 rings (SSSR count). The van der Waals surface area contributed by atoms with Crippen molar-refractivity contribution in [1.82, 2.24) is 5.32 Å². The summed E-state index contributed by atoms with van der Waals surface area (Å²) in [6.07, 6.45) is 2.53. The lowest BCUT2D eigenvalue weighted by molar-refractivity contribution is 0.522. The molecule has 1 N–H and O–H groups in total. The summed E-state index contributed by atoms with van der Waals surface area (Å²) in [5.74, 6) is 0.585. The van der Waals surface area contributed by atoms with Gasteiger partial charge in [0.25, 0.3) is 0 Å². The van der Waals surface area contributed by atoms with Gasteiger partial charge in [-0.25, -0.2) is 4.39 Å². The molecule has 0 aliphatic heterocycles. The van der Waals surface area contributed by atoms with Crippen LogP contribution in [0.15, 0.2) is 18.2 Å². The van der Waals surface area contributed by atoms with E-state index in [0.29, 0.717) is 12.0 Å². The zero-order valence-corrected chi connectivity index (χ0v) is 8.68. The lowest BCUT2D eigenvalue weighted by Gasteiger charge is -2.16. The first-order valence-corrected chi connectivity index (χ1v) is 5.15. The number of hydrogen-bond acceptors (Lipinski definition) is 1. The fourth-order valence-corrected chi connectivity index (χ4v) is 2.05. The second-order valence-corrected chi connectivity index (χ2v) is 4.17. The van der Waals surface area contributed by atoms with Gasteiger partial charge < -0.3 is 5.32 Å². The van der Waals surface area contributed by atoms with Crippen molar-refractivity contribution in [2.75, 3.05) is 7.05 Å². The molecule has 1 atom stereocenters. The highest BCUT2D eigenvalue weighted by Crippen LogP contribution is 2.40. The summed E-state index contributed by atoms with van der Waals surface area (Å²) in [7, 11) is 1.95. The van der Waals surface area contributed by atoms with E-state index in [4.69, 9.17) is 0 Å². The number of rotatable bonds is 3. The summed E-state index contributed by atoms with van der Waals surface area (Å²) in [6.45, 7) is 1.94. The molecule has 1 aliphatic carbocycles. The zero-order chi connectivity index (χ0) is 10.1. The Labute approximate surface area is 84.3 Å². The molecule has 1 aliphatic rings. The Morgan fingerprint density at radius 1 is 1.36 bits per heavy atom. The van der Waals surface area contributed by atoms with E-state index in [2.05, 4.69) is 11.4 Å². The molecule has 0 spiro atoms. The first-order valence-electron chi connectivity index (χ1n) is 5.15. The zero-order valence-electron chi connectivity index (χ0n) is 8.68. The fraction of sp³-hybridized carbons (Fsp3) is 0.500. The quantitative estimate of drug-likeness (QED) is 0.778. The lowest BCUT2D eigenvalue weighted by Crippen LogP contribution is -2.18. The second-order valence-electron chi connectivity index (χ2n) is 4.17. The Morgan fingerprint density at radius 3 is 2.57 bits per heavy atom. The maximum Gasteiger partial charge on any atom is 0.123 e. The van der Waals surface area contributed by atoms with E-state index in [1.54, 1.807) is 12.1 Å². The molecule has 76 valence electrons. The average Bonchev–Trinajstić information content (AvgIpc) is 2.87. The van der Waals surface area contributed by atoms with Gasteiger partial charge >= 0.3 is 0 Å². The largest absolute Gasteiger partial charge is 0.313 e. The van der Waals surface area contributed by atoms with E-state index >= 15 is 0 Å². The summed E-state index contributed by atoms with van der Waals surface area (Å²) >= 11 is 0. The SMILES string of the molecule is CNC(c1cc(C)cc(F)c1)C1CC1. The summed E-state index contributed by atoms with van der Waals surface area (Å²) in [6, 6.07) is 5.63. The normalized spacial score (nSPS) is 18.2. The van der Waals surface area contributed by atoms with Crippen molar-refractivity contribution in [3.63, 3.8) is 0 Å². The van der Waals surface area contributed by atoms with Crippen molar-refractivity contribution in [3.05, 3.63) is 35.1 Å². The van der Waals surface area contributed by atoms with Crippen LogP contribution < -0.4 is 5.32 Å². The van der Waals surface area contributed by atoms with Crippen molar-refractivity contribution in [3.8, 4) is 0 Å². The molecule has 0 aromatic heterocycles. The molecule has 0 amide bonds. The molecule has 0 bridgehead atoms. The number of halogens is 1. The van der Waals surface area contributed by atoms with Crippen LogP contribution in [0.5, 0.6) is 0 Å². The van der Waals surface area contributed by atoms with E-state index in [1.165, 1.54) is 12.8 Å². The predicted molar refractivity (Wildman–Crippen MR) is 55.7 cm³/mol. The monoisotopic (exact) mass is 193 g/mol. The number of hydrogen-bond donors (Lipinski definition) is 1. The number of aryl methyl sites for hydroxylation is 1. The van der Waals surface area contributed by atoms with Crippen molar-refractivity contribution in [2.45, 2.75) is 25.8 Å². The standard InChI is InChI=1S/C12H16FN/c1-8-5-10(7-11(13)6-8)12(14-2)9-3-4-9/h5-7,9,12,14H,3-4H2,1-2H3.